The highest BCUT2D eigenvalue weighted by atomic mass is 35.5. The van der Waals surface area contributed by atoms with Crippen LogP contribution in [0.5, 0.6) is 5.88 Å². The molecule has 2 aromatic carbocycles. The molecular formula is C21H16Cl2FN5O. The first-order valence-corrected chi connectivity index (χ1v) is 9.90. The maximum Gasteiger partial charge on any atom is 0.247 e. The summed E-state index contributed by atoms with van der Waals surface area (Å²) in [6, 6.07) is 11.4. The lowest BCUT2D eigenvalue weighted by molar-refractivity contribution is 0.330. The summed E-state index contributed by atoms with van der Waals surface area (Å²) in [6.45, 7) is 2.68. The average Bonchev–Trinajstić information content (AvgIpc) is 2.75. The molecule has 0 unspecified atom stereocenters. The van der Waals surface area contributed by atoms with Crippen LogP contribution >= 0.6 is 23.2 Å². The molecule has 0 aliphatic rings. The van der Waals surface area contributed by atoms with Crippen LogP contribution in [0.25, 0.3) is 22.4 Å². The number of hydrogen-bond donors (Lipinski definition) is 1. The minimum absolute atomic E-state index is 0.285. The number of benzene rings is 2. The van der Waals surface area contributed by atoms with E-state index in [4.69, 9.17) is 27.9 Å². The van der Waals surface area contributed by atoms with E-state index >= 15 is 0 Å². The molecule has 30 heavy (non-hydrogen) atoms. The van der Waals surface area contributed by atoms with Crippen molar-refractivity contribution in [3.8, 4) is 17.1 Å². The molecule has 2 heterocycles. The van der Waals surface area contributed by atoms with Gasteiger partial charge in [-0.1, -0.05) is 41.4 Å². The maximum atomic E-state index is 13.1. The molecule has 1 N–H and O–H groups in total. The van der Waals surface area contributed by atoms with Crippen LogP contribution in [0.1, 0.15) is 12.5 Å². The van der Waals surface area contributed by atoms with E-state index < -0.39 is 0 Å². The normalized spacial score (nSPS) is 10.9. The van der Waals surface area contributed by atoms with Crippen LogP contribution < -0.4 is 10.1 Å². The Kier molecular flexibility index (Phi) is 5.92. The number of aromatic nitrogens is 4. The Labute approximate surface area is 182 Å². The van der Waals surface area contributed by atoms with Gasteiger partial charge in [0.05, 0.1) is 28.5 Å². The van der Waals surface area contributed by atoms with Crippen LogP contribution in [-0.2, 0) is 6.54 Å². The Bertz CT molecular complexity index is 1200. The van der Waals surface area contributed by atoms with Gasteiger partial charge in [0, 0.05) is 12.1 Å². The number of hydrogen-bond acceptors (Lipinski definition) is 6. The molecule has 0 saturated heterocycles. The fraction of sp³-hybridized carbons (Fsp3) is 0.143. The minimum atomic E-state index is -0.285. The second-order valence-corrected chi connectivity index (χ2v) is 7.14. The molecule has 0 aliphatic carbocycles. The highest BCUT2D eigenvalue weighted by Gasteiger charge is 2.14. The van der Waals surface area contributed by atoms with E-state index in [0.717, 1.165) is 11.1 Å². The van der Waals surface area contributed by atoms with E-state index in [2.05, 4.69) is 25.3 Å². The predicted octanol–water partition coefficient (Wildman–Crippen LogP) is 5.54. The molecule has 0 amide bonds. The van der Waals surface area contributed by atoms with E-state index in [9.17, 15) is 4.39 Å². The van der Waals surface area contributed by atoms with Crippen LogP contribution in [-0.4, -0.2) is 26.5 Å². The van der Waals surface area contributed by atoms with Crippen molar-refractivity contribution in [2.24, 2.45) is 0 Å². The summed E-state index contributed by atoms with van der Waals surface area (Å²) in [6.07, 6.45) is 1.61. The molecule has 6 nitrogen and oxygen atoms in total. The summed E-state index contributed by atoms with van der Waals surface area (Å²) < 4.78 is 18.7. The van der Waals surface area contributed by atoms with Gasteiger partial charge in [-0.3, -0.25) is 0 Å². The first-order chi connectivity index (χ1) is 14.5. The second-order valence-electron chi connectivity index (χ2n) is 6.32. The monoisotopic (exact) mass is 443 g/mol. The number of anilines is 1. The standard InChI is InChI=1S/C21H16Cl2FN5O/c1-2-30-20-18-19(25-11-17(27-18)13-5-8-15(22)16(23)9-13)28-21(29-20)26-10-12-3-6-14(24)7-4-12/h3-9,11H,2,10H2,1H3,(H,25,26,28,29). The Morgan fingerprint density at radius 1 is 1.00 bits per heavy atom. The van der Waals surface area contributed by atoms with Crippen molar-refractivity contribution in [3.63, 3.8) is 0 Å². The SMILES string of the molecule is CCOc1nc(NCc2ccc(F)cc2)nc2ncc(-c3ccc(Cl)c(Cl)c3)nc12. The summed E-state index contributed by atoms with van der Waals surface area (Å²) in [5, 5.41) is 4.00. The molecule has 0 saturated carbocycles. The van der Waals surface area contributed by atoms with Crippen molar-refractivity contribution in [1.82, 2.24) is 19.9 Å². The second kappa shape index (κ2) is 8.77. The average molecular weight is 444 g/mol. The molecule has 9 heteroatoms. The highest BCUT2D eigenvalue weighted by Crippen LogP contribution is 2.29. The Morgan fingerprint density at radius 2 is 1.80 bits per heavy atom. The minimum Gasteiger partial charge on any atom is -0.476 e. The van der Waals surface area contributed by atoms with Crippen LogP contribution in [0.4, 0.5) is 10.3 Å². The predicted molar refractivity (Wildman–Crippen MR) is 115 cm³/mol. The van der Waals surface area contributed by atoms with Gasteiger partial charge in [-0.05, 0) is 36.8 Å². The lowest BCUT2D eigenvalue weighted by atomic mass is 10.1. The van der Waals surface area contributed by atoms with Gasteiger partial charge in [0.25, 0.3) is 0 Å². The highest BCUT2D eigenvalue weighted by molar-refractivity contribution is 6.42. The third kappa shape index (κ3) is 4.42. The van der Waals surface area contributed by atoms with Gasteiger partial charge in [0.2, 0.25) is 11.8 Å². The van der Waals surface area contributed by atoms with Crippen molar-refractivity contribution in [2.45, 2.75) is 13.5 Å². The summed E-state index contributed by atoms with van der Waals surface area (Å²) >= 11 is 12.1. The van der Waals surface area contributed by atoms with Crippen LogP contribution in [0.15, 0.2) is 48.7 Å². The number of ether oxygens (including phenoxy) is 1. The number of halogens is 3. The van der Waals surface area contributed by atoms with Gasteiger partial charge in [0.15, 0.2) is 11.2 Å². The molecule has 4 rings (SSSR count). The van der Waals surface area contributed by atoms with E-state index in [0.29, 0.717) is 51.9 Å². The molecule has 2 aromatic heterocycles. The first-order valence-electron chi connectivity index (χ1n) is 9.15. The van der Waals surface area contributed by atoms with Crippen molar-refractivity contribution in [2.75, 3.05) is 11.9 Å². The van der Waals surface area contributed by atoms with E-state index in [1.807, 2.05) is 13.0 Å². The molecule has 0 spiro atoms. The van der Waals surface area contributed by atoms with Crippen molar-refractivity contribution >= 4 is 40.3 Å². The molecule has 0 atom stereocenters. The lowest BCUT2D eigenvalue weighted by Crippen LogP contribution is -2.07. The quantitative estimate of drug-likeness (QED) is 0.421. The van der Waals surface area contributed by atoms with Gasteiger partial charge in [-0.25, -0.2) is 14.4 Å². The van der Waals surface area contributed by atoms with Gasteiger partial charge >= 0.3 is 0 Å². The zero-order chi connectivity index (χ0) is 21.1. The Hall–Kier alpha value is -3.03. The lowest BCUT2D eigenvalue weighted by Gasteiger charge is -2.10. The maximum absolute atomic E-state index is 13.1. The van der Waals surface area contributed by atoms with Crippen molar-refractivity contribution < 1.29 is 9.13 Å². The topological polar surface area (TPSA) is 72.8 Å². The molecule has 152 valence electrons. The largest absolute Gasteiger partial charge is 0.476 e. The van der Waals surface area contributed by atoms with E-state index in [1.54, 1.807) is 30.5 Å². The van der Waals surface area contributed by atoms with E-state index in [-0.39, 0.29) is 5.82 Å². The summed E-state index contributed by atoms with van der Waals surface area (Å²) in [5.41, 5.74) is 3.07. The third-order valence-corrected chi connectivity index (χ3v) is 4.97. The molecule has 0 fully saturated rings. The third-order valence-electron chi connectivity index (χ3n) is 4.24. The molecular weight excluding hydrogens is 428 g/mol. The summed E-state index contributed by atoms with van der Waals surface area (Å²) in [7, 11) is 0. The Balaban J connectivity index is 1.67. The zero-order valence-corrected chi connectivity index (χ0v) is 17.4. The Morgan fingerprint density at radius 3 is 2.53 bits per heavy atom. The molecule has 0 radical (unpaired) electrons. The van der Waals surface area contributed by atoms with Crippen LogP contribution in [0.3, 0.4) is 0 Å². The van der Waals surface area contributed by atoms with Gasteiger partial charge in [-0.2, -0.15) is 9.97 Å². The van der Waals surface area contributed by atoms with Gasteiger partial charge < -0.3 is 10.1 Å². The van der Waals surface area contributed by atoms with Crippen LogP contribution in [0, 0.1) is 5.82 Å². The first kappa shape index (κ1) is 20.3. The van der Waals surface area contributed by atoms with E-state index in [1.165, 1.54) is 12.1 Å². The number of nitrogens with zero attached hydrogens (tertiary/aromatic N) is 4. The fourth-order valence-electron chi connectivity index (χ4n) is 2.78. The van der Waals surface area contributed by atoms with Gasteiger partial charge in [0.1, 0.15) is 5.82 Å². The molecule has 4 aromatic rings. The van der Waals surface area contributed by atoms with Crippen molar-refractivity contribution in [3.05, 3.63) is 70.1 Å². The fourth-order valence-corrected chi connectivity index (χ4v) is 3.07. The zero-order valence-electron chi connectivity index (χ0n) is 15.9. The summed E-state index contributed by atoms with van der Waals surface area (Å²) in [5.74, 6) is 0.373. The van der Waals surface area contributed by atoms with Gasteiger partial charge in [-0.15, -0.1) is 0 Å². The number of rotatable bonds is 6. The number of nitrogens with one attached hydrogen (secondary N) is 1. The van der Waals surface area contributed by atoms with Crippen molar-refractivity contribution in [1.29, 1.82) is 0 Å². The van der Waals surface area contributed by atoms with Crippen LogP contribution in [0.2, 0.25) is 10.0 Å². The molecule has 0 bridgehead atoms. The number of fused-ring (bicyclic) bond motifs is 1. The smallest absolute Gasteiger partial charge is 0.247 e. The molecule has 0 aliphatic heterocycles. The summed E-state index contributed by atoms with van der Waals surface area (Å²) in [4.78, 5) is 17.9.